The number of Topliss-reactive ketones (excluding diaryl/α,β-unsaturated/α-hetero) is 3. The van der Waals surface area contributed by atoms with Crippen molar-refractivity contribution in [3.8, 4) is 0 Å². The number of rotatable bonds is 16. The standard InChI is InChI=1S/C68H96I3N3O19/c1-36-18-14-13-15-19-37(2)51(87-10)34-47-24-21-42(7)68(86,93-47)64(82)65(83)74-28-17-16-20-48(74)66(84)92-52(35-49(78)38(3)31-41(6)62(81)63(89-12)61(80)40(5)30-36)39(4)32-45-22-25-50(53(33-45)88-11)91-54(79)26-23-46(77)27-29-90-67(85)55-56(69)59(72-43(8)75)58(71)60(57(55)70)73-44(9)76/h13-15,18-19,31,36,38-40,42,45-48,50-53,62-63,77,81,86H,16-17,20-30,32-35H2,1-12H3,(H,72,75)(H,73,76)/b15-13?,18-14+,37-19?,41-31+/t36-,38-,39-,40-,42-,45+,46?,47+,48+,50-,51+,52+,53-,62-,63+,68-/m1/s1. The molecular formula is C68H96I3N3O19. The highest BCUT2D eigenvalue weighted by atomic mass is 127. The van der Waals surface area contributed by atoms with Crippen LogP contribution in [0.4, 0.5) is 11.4 Å². The summed E-state index contributed by atoms with van der Waals surface area (Å²) in [5.41, 5.74) is 1.97. The number of nitrogens with one attached hydrogen (secondary N) is 2. The molecule has 16 atom stereocenters. The van der Waals surface area contributed by atoms with Crippen LogP contribution in [0.2, 0.25) is 0 Å². The van der Waals surface area contributed by atoms with E-state index in [0.29, 0.717) is 85.4 Å². The van der Waals surface area contributed by atoms with Crippen LogP contribution < -0.4 is 10.6 Å². The van der Waals surface area contributed by atoms with Crippen molar-refractivity contribution in [2.75, 3.05) is 45.1 Å². The summed E-state index contributed by atoms with van der Waals surface area (Å²) in [6.07, 6.45) is 8.15. The minimum absolute atomic E-state index is 0.00174. The third kappa shape index (κ3) is 22.2. The van der Waals surface area contributed by atoms with Gasteiger partial charge in [-0.3, -0.25) is 33.6 Å². The second-order valence-corrected chi connectivity index (χ2v) is 28.8. The zero-order valence-corrected chi connectivity index (χ0v) is 62.1. The summed E-state index contributed by atoms with van der Waals surface area (Å²) in [4.78, 5) is 124. The molecule has 1 unspecified atom stereocenters. The predicted octanol–water partition coefficient (Wildman–Crippen LogP) is 9.85. The van der Waals surface area contributed by atoms with Crippen molar-refractivity contribution in [1.82, 2.24) is 4.90 Å². The first-order chi connectivity index (χ1) is 43.9. The van der Waals surface area contributed by atoms with Gasteiger partial charge in [0.15, 0.2) is 5.78 Å². The topological polar surface area (TPSA) is 306 Å². The Kier molecular flexibility index (Phi) is 32.2. The number of allylic oxidation sites excluding steroid dienone is 6. The summed E-state index contributed by atoms with van der Waals surface area (Å²) in [5.74, 6) is -11.0. The van der Waals surface area contributed by atoms with Gasteiger partial charge in [-0.25, -0.2) is 9.59 Å². The van der Waals surface area contributed by atoms with Crippen LogP contribution in [0.1, 0.15) is 169 Å². The van der Waals surface area contributed by atoms with Crippen molar-refractivity contribution < 1.29 is 91.6 Å². The first-order valence-corrected chi connectivity index (χ1v) is 35.4. The van der Waals surface area contributed by atoms with Crippen molar-refractivity contribution in [1.29, 1.82) is 0 Å². The van der Waals surface area contributed by atoms with Gasteiger partial charge in [0.1, 0.15) is 36.2 Å². The molecule has 2 bridgehead atoms. The maximum absolute atomic E-state index is 14.7. The molecule has 1 aromatic rings. The minimum Gasteiger partial charge on any atom is -0.462 e. The van der Waals surface area contributed by atoms with E-state index in [2.05, 4.69) is 10.6 Å². The number of nitrogens with zero attached hydrogens (tertiary/aromatic N) is 1. The highest BCUT2D eigenvalue weighted by Crippen LogP contribution is 2.41. The molecule has 93 heavy (non-hydrogen) atoms. The van der Waals surface area contributed by atoms with Crippen molar-refractivity contribution >= 4 is 132 Å². The van der Waals surface area contributed by atoms with Gasteiger partial charge in [-0.2, -0.15) is 0 Å². The summed E-state index contributed by atoms with van der Waals surface area (Å²) < 4.78 is 42.8. The van der Waals surface area contributed by atoms with Crippen LogP contribution in [-0.2, 0) is 71.5 Å². The first-order valence-electron chi connectivity index (χ1n) is 32.2. The Morgan fingerprint density at radius 3 is 2.09 bits per heavy atom. The molecule has 25 heteroatoms. The number of amides is 3. The lowest BCUT2D eigenvalue weighted by Gasteiger charge is -2.42. The average Bonchev–Trinajstić information content (AvgIpc) is 0.797. The van der Waals surface area contributed by atoms with Crippen LogP contribution in [0.25, 0.3) is 0 Å². The van der Waals surface area contributed by atoms with Gasteiger partial charge in [-0.15, -0.1) is 0 Å². The molecule has 3 heterocycles. The second-order valence-electron chi connectivity index (χ2n) is 25.6. The van der Waals surface area contributed by atoms with Crippen LogP contribution in [0.5, 0.6) is 0 Å². The van der Waals surface area contributed by atoms with Crippen LogP contribution in [0.3, 0.4) is 0 Å². The Morgan fingerprint density at radius 1 is 0.796 bits per heavy atom. The average molecular weight is 1640 g/mol. The lowest BCUT2D eigenvalue weighted by Crippen LogP contribution is -2.61. The molecule has 518 valence electrons. The first kappa shape index (κ1) is 79.6. The molecule has 2 saturated heterocycles. The molecule has 3 fully saturated rings. The largest absolute Gasteiger partial charge is 0.462 e. The molecule has 0 aromatic heterocycles. The van der Waals surface area contributed by atoms with E-state index < -0.39 is 114 Å². The normalized spacial score (nSPS) is 31.0. The second kappa shape index (κ2) is 37.6. The summed E-state index contributed by atoms with van der Waals surface area (Å²) in [5, 5.41) is 40.0. The van der Waals surface area contributed by atoms with Crippen molar-refractivity contribution in [3.63, 3.8) is 0 Å². The van der Waals surface area contributed by atoms with Gasteiger partial charge < -0.3 is 64.0 Å². The molecule has 0 radical (unpaired) electrons. The molecule has 4 aliphatic rings. The Hall–Kier alpha value is -4.08. The van der Waals surface area contributed by atoms with Gasteiger partial charge in [0.2, 0.25) is 17.6 Å². The zero-order valence-electron chi connectivity index (χ0n) is 55.6. The number of ether oxygens (including phenoxy) is 7. The van der Waals surface area contributed by atoms with Gasteiger partial charge in [0, 0.05) is 85.2 Å². The molecule has 3 aliphatic heterocycles. The molecule has 3 amide bonds. The number of cyclic esters (lactones) is 1. The van der Waals surface area contributed by atoms with E-state index in [1.54, 1.807) is 40.9 Å². The number of fused-ring (bicyclic) bond motifs is 3. The van der Waals surface area contributed by atoms with E-state index in [0.717, 1.165) is 10.5 Å². The third-order valence-electron chi connectivity index (χ3n) is 18.2. The van der Waals surface area contributed by atoms with E-state index in [1.165, 1.54) is 28.1 Å². The van der Waals surface area contributed by atoms with Crippen LogP contribution in [0, 0.1) is 46.2 Å². The third-order valence-corrected chi connectivity index (χ3v) is 21.5. The van der Waals surface area contributed by atoms with Gasteiger partial charge in [0.05, 0.1) is 58.7 Å². The summed E-state index contributed by atoms with van der Waals surface area (Å²) in [6, 6.07) is -1.23. The van der Waals surface area contributed by atoms with E-state index in [4.69, 9.17) is 33.2 Å². The van der Waals surface area contributed by atoms with Crippen molar-refractivity contribution in [3.05, 3.63) is 63.9 Å². The number of benzene rings is 1. The monoisotopic (exact) mass is 1640 g/mol. The number of anilines is 2. The zero-order chi connectivity index (χ0) is 69.2. The SMILES string of the molecule is CO[C@H]1C[C@@H]2CC[C@@H](C)[C@@](O)(O2)C(=O)C(=O)N2CCCC[C@H]2C(=O)O[C@H]([C@H](C)C[C@@H]2CC[C@@H](OC(=O)CCC(O)CCOC(=O)c3c(I)c(NC(C)=O)c(I)c(NC(C)=O)c3I)[C@H](OC)C2)CC(=O)[C@H](C)/C=C(\C)[C@@H](O)[C@@H](OC)C(=O)[C@H](C)C[C@H](C)/C=C/C=CC=C1C. The fraction of sp³-hybridized carbons (Fsp3) is 0.662. The molecule has 1 aliphatic carbocycles. The summed E-state index contributed by atoms with van der Waals surface area (Å²) in [6.45, 7) is 14.9. The highest BCUT2D eigenvalue weighted by Gasteiger charge is 2.53. The number of carbonyl (C=O) groups is 9. The Bertz CT molecular complexity index is 2930. The van der Waals surface area contributed by atoms with Crippen LogP contribution in [0.15, 0.2) is 47.6 Å². The van der Waals surface area contributed by atoms with E-state index >= 15 is 0 Å². The number of aliphatic hydroxyl groups excluding tert-OH is 2. The summed E-state index contributed by atoms with van der Waals surface area (Å²) >= 11 is 5.84. The number of carbonyl (C=O) groups excluding carboxylic acids is 9. The van der Waals surface area contributed by atoms with Crippen LogP contribution in [-0.4, -0.2) is 168 Å². The maximum atomic E-state index is 14.7. The van der Waals surface area contributed by atoms with E-state index in [-0.39, 0.29) is 92.5 Å². The molecular weight excluding hydrogens is 1540 g/mol. The number of piperidine rings is 1. The predicted molar refractivity (Wildman–Crippen MR) is 372 cm³/mol. The molecule has 5 N–H and O–H groups in total. The number of methoxy groups -OCH3 is 3. The minimum atomic E-state index is -2.50. The van der Waals surface area contributed by atoms with Crippen molar-refractivity contribution in [2.24, 2.45) is 35.5 Å². The number of aliphatic hydroxyl groups is 3. The van der Waals surface area contributed by atoms with E-state index in [1.807, 2.05) is 119 Å². The Balaban J connectivity index is 1.32. The van der Waals surface area contributed by atoms with Gasteiger partial charge in [-0.1, -0.05) is 71.1 Å². The fourth-order valence-corrected chi connectivity index (χ4v) is 16.8. The molecule has 1 saturated carbocycles. The fourth-order valence-electron chi connectivity index (χ4n) is 12.7. The van der Waals surface area contributed by atoms with Gasteiger partial charge in [0.25, 0.3) is 11.7 Å². The number of hydrogen-bond donors (Lipinski definition) is 5. The Morgan fingerprint density at radius 2 is 1.46 bits per heavy atom. The molecule has 1 aromatic carbocycles. The van der Waals surface area contributed by atoms with Gasteiger partial charge >= 0.3 is 17.9 Å². The molecule has 0 spiro atoms. The highest BCUT2D eigenvalue weighted by molar-refractivity contribution is 14.1. The van der Waals surface area contributed by atoms with Crippen molar-refractivity contribution in [2.45, 2.75) is 219 Å². The smallest absolute Gasteiger partial charge is 0.340 e. The number of halogens is 3. The lowest BCUT2D eigenvalue weighted by molar-refractivity contribution is -0.265. The number of ketones is 3. The van der Waals surface area contributed by atoms with Gasteiger partial charge in [-0.05, 0) is 181 Å². The quantitative estimate of drug-likeness (QED) is 0.0338. The number of hydrogen-bond acceptors (Lipinski definition) is 19. The summed E-state index contributed by atoms with van der Waals surface area (Å²) in [7, 11) is 4.42. The van der Waals surface area contributed by atoms with Crippen LogP contribution >= 0.6 is 67.8 Å². The molecule has 5 rings (SSSR count). The lowest BCUT2D eigenvalue weighted by atomic mass is 9.78. The number of esters is 3. The Labute approximate surface area is 588 Å². The molecule has 22 nitrogen and oxygen atoms in total. The van der Waals surface area contributed by atoms with E-state index in [9.17, 15) is 58.5 Å². The maximum Gasteiger partial charge on any atom is 0.340 e.